The van der Waals surface area contributed by atoms with Gasteiger partial charge < -0.3 is 0 Å². The molecule has 0 fully saturated rings. The molecule has 1 unspecified atom stereocenters. The molecule has 8 aromatic rings. The molecule has 0 aliphatic heterocycles. The Balaban J connectivity index is 1.13. The Labute approximate surface area is 319 Å². The standard InChI is InChI=1S/C46H42N4O.Pt/c1-30-25-45(47-28-39(30)32-17-20-33(21-18-32)46(2,3)4)50-41-13-7-6-12-36(41)37-24-23-35(27-44(37)50)51-34-22-19-31-11-10-16-40(38(31)26-34)49-29-48(5)42-14-8-9-15-43(42)49;/h6-9,12-15,17-28,40H,10-11,16H2,1-5H3;/i1D3;. The Morgan fingerprint density at radius 2 is 1.50 bits per heavy atom. The monoisotopic (exact) mass is 864 g/mol. The zero-order valence-electron chi connectivity index (χ0n) is 32.8. The van der Waals surface area contributed by atoms with Gasteiger partial charge in [-0.3, -0.25) is 0 Å². The van der Waals surface area contributed by atoms with Crippen LogP contribution in [0.3, 0.4) is 0 Å². The molecule has 5 aromatic carbocycles. The molecule has 1 atom stereocenters. The van der Waals surface area contributed by atoms with E-state index in [0.717, 1.165) is 52.4 Å². The average molecular weight is 865 g/mol. The van der Waals surface area contributed by atoms with Crippen molar-refractivity contribution in [2.75, 3.05) is 0 Å². The molecule has 0 spiro atoms. The summed E-state index contributed by atoms with van der Waals surface area (Å²) >= 11 is 2.46. The molecule has 0 amide bonds. The van der Waals surface area contributed by atoms with Gasteiger partial charge in [-0.15, -0.1) is 0 Å². The van der Waals surface area contributed by atoms with E-state index in [9.17, 15) is 0 Å². The Bertz CT molecular complexity index is 2840. The van der Waals surface area contributed by atoms with Gasteiger partial charge in [-0.1, -0.05) is 63.2 Å². The molecule has 0 N–H and O–H groups in total. The van der Waals surface area contributed by atoms with Crippen LogP contribution in [-0.4, -0.2) is 18.7 Å². The van der Waals surface area contributed by atoms with Crippen LogP contribution in [0, 0.1) is 10.7 Å². The van der Waals surface area contributed by atoms with Gasteiger partial charge in [0.2, 0.25) is 0 Å². The number of aryl methyl sites for hydroxylation is 3. The molecule has 262 valence electrons. The number of pyridine rings is 1. The molecule has 0 bridgehead atoms. The maximum atomic E-state index is 8.57. The predicted octanol–water partition coefficient (Wildman–Crippen LogP) is 11.5. The van der Waals surface area contributed by atoms with Crippen molar-refractivity contribution in [1.29, 1.82) is 0 Å². The number of aromatic nitrogens is 4. The summed E-state index contributed by atoms with van der Waals surface area (Å²) in [6, 6.07) is 39.6. The van der Waals surface area contributed by atoms with Gasteiger partial charge in [-0.05, 0) is 41.1 Å². The van der Waals surface area contributed by atoms with E-state index in [-0.39, 0.29) is 17.0 Å². The smallest absolute Gasteiger partial charge is 0.0374 e. The van der Waals surface area contributed by atoms with Crippen molar-refractivity contribution in [2.45, 2.75) is 58.3 Å². The Morgan fingerprint density at radius 3 is 2.29 bits per heavy atom. The summed E-state index contributed by atoms with van der Waals surface area (Å²) in [7, 11) is 2.14. The fourth-order valence-electron chi connectivity index (χ4n) is 8.01. The van der Waals surface area contributed by atoms with Gasteiger partial charge in [0.15, 0.2) is 0 Å². The molecule has 6 heteroatoms. The number of imidazole rings is 1. The van der Waals surface area contributed by atoms with E-state index in [2.05, 4.69) is 134 Å². The summed E-state index contributed by atoms with van der Waals surface area (Å²) in [5, 5.41) is 2.09. The van der Waals surface area contributed by atoms with Crippen molar-refractivity contribution in [1.82, 2.24) is 18.7 Å². The van der Waals surface area contributed by atoms with E-state index in [4.69, 9.17) is 13.8 Å². The van der Waals surface area contributed by atoms with Gasteiger partial charge in [0.05, 0.1) is 0 Å². The van der Waals surface area contributed by atoms with E-state index >= 15 is 0 Å². The minimum Gasteiger partial charge on any atom is -0.238 e. The van der Waals surface area contributed by atoms with Crippen LogP contribution >= 0.6 is 0 Å². The first-order valence-corrected chi connectivity index (χ1v) is 19.1. The van der Waals surface area contributed by atoms with Crippen LogP contribution in [0.4, 0.5) is 0 Å². The van der Waals surface area contributed by atoms with E-state index < -0.39 is 6.85 Å². The predicted molar refractivity (Wildman–Crippen MR) is 209 cm³/mol. The van der Waals surface area contributed by atoms with Gasteiger partial charge in [-0.2, -0.15) is 0 Å². The molecule has 5 nitrogen and oxygen atoms in total. The fraction of sp³-hybridized carbons (Fsp3) is 0.217. The first-order chi connectivity index (χ1) is 26.4. The largest absolute Gasteiger partial charge is 0.238 e. The van der Waals surface area contributed by atoms with E-state index in [1.165, 1.54) is 31.5 Å². The molecule has 3 aromatic heterocycles. The Morgan fingerprint density at radius 1 is 0.788 bits per heavy atom. The third kappa shape index (κ3) is 5.49. The number of fused-ring (bicyclic) bond motifs is 5. The van der Waals surface area contributed by atoms with Crippen LogP contribution in [0.15, 0.2) is 121 Å². The van der Waals surface area contributed by atoms with Crippen molar-refractivity contribution in [3.63, 3.8) is 0 Å². The number of hydrogen-bond acceptors (Lipinski definition) is 2. The summed E-state index contributed by atoms with van der Waals surface area (Å²) in [4.78, 5) is 4.94. The Hall–Kier alpha value is -4.99. The fourth-order valence-corrected chi connectivity index (χ4v) is 8.91. The first kappa shape index (κ1) is 29.6. The van der Waals surface area contributed by atoms with Crippen LogP contribution in [0.5, 0.6) is 11.5 Å². The normalized spacial score (nSPS) is 15.8. The number of ether oxygens (including phenoxy) is 1. The number of hydrogen-bond donors (Lipinski definition) is 0. The zero-order chi connectivity index (χ0) is 38.2. The first-order valence-electron chi connectivity index (χ1n) is 19.4. The average Bonchev–Trinajstić information content (AvgIpc) is 3.63. The molecular formula is C46H42N4OPt. The van der Waals surface area contributed by atoms with Crippen LogP contribution in [-0.2, 0) is 38.2 Å². The third-order valence-electron chi connectivity index (χ3n) is 10.7. The minimum atomic E-state index is -2.35. The maximum absolute atomic E-state index is 8.57. The molecule has 1 aliphatic rings. The van der Waals surface area contributed by atoms with E-state index in [0.29, 0.717) is 17.1 Å². The molecule has 52 heavy (non-hydrogen) atoms. The number of para-hydroxylation sites is 3. The second-order valence-corrected chi connectivity index (χ2v) is 16.0. The minimum absolute atomic E-state index is 0.00956. The van der Waals surface area contributed by atoms with Gasteiger partial charge in [0.25, 0.3) is 0 Å². The van der Waals surface area contributed by atoms with Gasteiger partial charge >= 0.3 is 196 Å². The van der Waals surface area contributed by atoms with Crippen LogP contribution in [0.25, 0.3) is 49.8 Å². The third-order valence-corrected chi connectivity index (χ3v) is 12.0. The molecule has 0 saturated heterocycles. The zero-order valence-corrected chi connectivity index (χ0v) is 32.0. The summed E-state index contributed by atoms with van der Waals surface area (Å²) in [6.07, 6.45) is 4.95. The summed E-state index contributed by atoms with van der Waals surface area (Å²) in [5.74, 6) is 2.03. The second-order valence-electron chi connectivity index (χ2n) is 15.0. The van der Waals surface area contributed by atoms with Crippen molar-refractivity contribution in [3.8, 4) is 28.4 Å². The van der Waals surface area contributed by atoms with Gasteiger partial charge in [0, 0.05) is 15.9 Å². The summed E-state index contributed by atoms with van der Waals surface area (Å²) in [5.41, 5.74) is 9.84. The number of rotatable bonds is 5. The topological polar surface area (TPSA) is 36.9 Å². The van der Waals surface area contributed by atoms with Gasteiger partial charge in [-0.25, -0.2) is 4.98 Å². The van der Waals surface area contributed by atoms with Crippen LogP contribution in [0.2, 0.25) is 0 Å². The van der Waals surface area contributed by atoms with Gasteiger partial charge in [0.1, 0.15) is 0 Å². The van der Waals surface area contributed by atoms with E-state index in [1.807, 2.05) is 36.4 Å². The molecular weight excluding hydrogens is 820 g/mol. The molecule has 0 saturated carbocycles. The second kappa shape index (κ2) is 12.6. The van der Waals surface area contributed by atoms with Crippen molar-refractivity contribution in [2.24, 2.45) is 7.05 Å². The SMILES string of the molecule is [2H]C([2H])([2H])c1cc(-n2c3ccccc3c3ccc(Oc4ccc5c(c4)C(n4[c](=[Pt])n(C)c6ccccc64)CCC5)cc32)ncc1-c1ccc(C(C)(C)C)cc1. The van der Waals surface area contributed by atoms with Crippen LogP contribution < -0.4 is 4.74 Å². The van der Waals surface area contributed by atoms with Crippen molar-refractivity contribution in [3.05, 3.63) is 148 Å². The molecule has 3 heterocycles. The van der Waals surface area contributed by atoms with E-state index in [1.54, 1.807) is 12.3 Å². The maximum Gasteiger partial charge on any atom is 0.0374 e. The molecule has 9 rings (SSSR count). The number of nitrogens with zero attached hydrogens (tertiary/aromatic N) is 4. The Kier molecular flexibility index (Phi) is 7.16. The van der Waals surface area contributed by atoms with Crippen molar-refractivity contribution >= 4 is 32.8 Å². The molecule has 0 radical (unpaired) electrons. The summed E-state index contributed by atoms with van der Waals surface area (Å²) < 4.78 is 40.4. The van der Waals surface area contributed by atoms with Crippen LogP contribution in [0.1, 0.15) is 66.0 Å². The van der Waals surface area contributed by atoms with Crippen molar-refractivity contribution < 1.29 is 28.2 Å². The quantitative estimate of drug-likeness (QED) is 0.173. The molecule has 1 aliphatic carbocycles. The summed E-state index contributed by atoms with van der Waals surface area (Å²) in [6.45, 7) is 4.16. The number of benzene rings is 5.